The molecule has 0 atom stereocenters. The molecule has 1 aromatic rings. The van der Waals surface area contributed by atoms with Crippen molar-refractivity contribution in [3.8, 4) is 5.75 Å². The largest absolute Gasteiger partial charge is 0.496 e. The van der Waals surface area contributed by atoms with Crippen molar-refractivity contribution in [3.63, 3.8) is 0 Å². The van der Waals surface area contributed by atoms with Gasteiger partial charge in [-0.15, -0.1) is 0 Å². The Morgan fingerprint density at radius 3 is 1.91 bits per heavy atom. The maximum atomic E-state index is 6.38. The highest BCUT2D eigenvalue weighted by Crippen LogP contribution is 2.57. The van der Waals surface area contributed by atoms with E-state index in [1.54, 1.807) is 7.11 Å². The minimum atomic E-state index is -0.889. The van der Waals surface area contributed by atoms with Crippen LogP contribution < -0.4 is 4.74 Å². The first-order valence-corrected chi connectivity index (χ1v) is 9.13. The minimum Gasteiger partial charge on any atom is -0.496 e. The van der Waals surface area contributed by atoms with Crippen molar-refractivity contribution >= 4 is 8.45 Å². The maximum Gasteiger partial charge on any atom is 0.248 e. The molecular weight excluding hydrogens is 307 g/mol. The fourth-order valence-corrected chi connectivity index (χ4v) is 4.46. The monoisotopic (exact) mass is 336 g/mol. The second-order valence-electron chi connectivity index (χ2n) is 7.67. The number of nitrogens with zero attached hydrogens (tertiary/aromatic N) is 2. The number of rotatable bonds is 4. The molecule has 0 spiro atoms. The van der Waals surface area contributed by atoms with Crippen molar-refractivity contribution in [2.24, 2.45) is 0 Å². The van der Waals surface area contributed by atoms with Gasteiger partial charge in [0.15, 0.2) is 0 Å². The van der Waals surface area contributed by atoms with Gasteiger partial charge in [-0.3, -0.25) is 0 Å². The average Bonchev–Trinajstić information content (AvgIpc) is 2.89. The maximum absolute atomic E-state index is 6.38. The highest BCUT2D eigenvalue weighted by Gasteiger charge is 2.40. The van der Waals surface area contributed by atoms with Gasteiger partial charge in [-0.05, 0) is 47.6 Å². The van der Waals surface area contributed by atoms with Crippen LogP contribution in [0.3, 0.4) is 0 Å². The first-order valence-electron chi connectivity index (χ1n) is 7.96. The lowest BCUT2D eigenvalue weighted by atomic mass is 10.1. The van der Waals surface area contributed by atoms with E-state index in [0.29, 0.717) is 6.61 Å². The molecule has 0 saturated heterocycles. The molecule has 0 bridgehead atoms. The zero-order valence-electron chi connectivity index (χ0n) is 15.3. The van der Waals surface area contributed by atoms with E-state index in [2.05, 4.69) is 69.3 Å². The highest BCUT2D eigenvalue weighted by molar-refractivity contribution is 7.48. The number of benzene rings is 1. The van der Waals surface area contributed by atoms with Crippen molar-refractivity contribution < 1.29 is 9.26 Å². The molecule has 1 aliphatic rings. The van der Waals surface area contributed by atoms with Crippen LogP contribution in [0.2, 0.25) is 0 Å². The molecule has 0 fully saturated rings. The van der Waals surface area contributed by atoms with E-state index < -0.39 is 8.45 Å². The molecule has 0 radical (unpaired) electrons. The van der Waals surface area contributed by atoms with E-state index in [0.717, 1.165) is 11.3 Å². The second-order valence-corrected chi connectivity index (χ2v) is 9.29. The first-order chi connectivity index (χ1) is 10.6. The third kappa shape index (κ3) is 4.19. The molecule has 0 unspecified atom stereocenters. The van der Waals surface area contributed by atoms with Gasteiger partial charge in [0, 0.05) is 29.0 Å². The molecular formula is C18H29N2O2P. The Morgan fingerprint density at radius 1 is 0.913 bits per heavy atom. The lowest BCUT2D eigenvalue weighted by molar-refractivity contribution is 0.221. The van der Waals surface area contributed by atoms with Gasteiger partial charge in [-0.2, -0.15) is 0 Å². The molecule has 5 heteroatoms. The first kappa shape index (κ1) is 18.1. The Kier molecular flexibility index (Phi) is 5.27. The van der Waals surface area contributed by atoms with Crippen LogP contribution in [-0.4, -0.2) is 27.5 Å². The quantitative estimate of drug-likeness (QED) is 0.712. The third-order valence-corrected chi connectivity index (χ3v) is 6.18. The summed E-state index contributed by atoms with van der Waals surface area (Å²) in [6, 6.07) is 8.03. The molecule has 0 N–H and O–H groups in total. The van der Waals surface area contributed by atoms with Crippen molar-refractivity contribution in [1.82, 2.24) is 9.34 Å². The number of methoxy groups -OCH3 is 1. The van der Waals surface area contributed by atoms with E-state index in [1.807, 2.05) is 18.2 Å². The van der Waals surface area contributed by atoms with E-state index >= 15 is 0 Å². The highest BCUT2D eigenvalue weighted by atomic mass is 31.2. The summed E-state index contributed by atoms with van der Waals surface area (Å²) in [5, 5.41) is 0. The summed E-state index contributed by atoms with van der Waals surface area (Å²) >= 11 is 0. The number of hydrogen-bond acceptors (Lipinski definition) is 4. The molecule has 0 aliphatic carbocycles. The van der Waals surface area contributed by atoms with Gasteiger partial charge >= 0.3 is 0 Å². The van der Waals surface area contributed by atoms with Crippen molar-refractivity contribution in [2.75, 3.05) is 7.11 Å². The molecule has 0 saturated carbocycles. The minimum absolute atomic E-state index is 0.0168. The summed E-state index contributed by atoms with van der Waals surface area (Å²) in [4.78, 5) is 0. The standard InChI is InChI=1S/C18H29N2O2P/c1-17(2,3)19-12-13-20(18(4,5)6)23(19)22-14-15-10-8-9-11-16(15)21-7/h8-13H,14H2,1-7H3. The number of ether oxygens (including phenoxy) is 1. The van der Waals surface area contributed by atoms with Gasteiger partial charge in [0.25, 0.3) is 0 Å². The fourth-order valence-electron chi connectivity index (χ4n) is 2.38. The van der Waals surface area contributed by atoms with E-state index in [-0.39, 0.29) is 11.1 Å². The van der Waals surface area contributed by atoms with Gasteiger partial charge in [0.05, 0.1) is 13.7 Å². The number of para-hydroxylation sites is 1. The van der Waals surface area contributed by atoms with Gasteiger partial charge in [0.2, 0.25) is 8.45 Å². The molecule has 0 aromatic heterocycles. The van der Waals surface area contributed by atoms with Crippen LogP contribution in [-0.2, 0) is 11.1 Å². The van der Waals surface area contributed by atoms with Crippen LogP contribution >= 0.6 is 8.45 Å². The SMILES string of the molecule is COc1ccccc1COP1N(C(C)(C)C)C=CN1C(C)(C)C. The summed E-state index contributed by atoms with van der Waals surface area (Å²) in [5.74, 6) is 0.874. The molecule has 2 rings (SSSR count). The fraction of sp³-hybridized carbons (Fsp3) is 0.556. The van der Waals surface area contributed by atoms with Crippen LogP contribution in [0.25, 0.3) is 0 Å². The van der Waals surface area contributed by atoms with Crippen LogP contribution in [0, 0.1) is 0 Å². The lowest BCUT2D eigenvalue weighted by Crippen LogP contribution is -2.38. The summed E-state index contributed by atoms with van der Waals surface area (Å²) in [7, 11) is 0.809. The van der Waals surface area contributed by atoms with Gasteiger partial charge < -0.3 is 18.6 Å². The van der Waals surface area contributed by atoms with Crippen LogP contribution in [0.15, 0.2) is 36.7 Å². The van der Waals surface area contributed by atoms with Crippen LogP contribution in [0.1, 0.15) is 47.1 Å². The average molecular weight is 336 g/mol. The van der Waals surface area contributed by atoms with Gasteiger partial charge in [-0.25, -0.2) is 0 Å². The third-order valence-electron chi connectivity index (χ3n) is 3.62. The Labute approximate surface area is 142 Å². The topological polar surface area (TPSA) is 24.9 Å². The molecule has 23 heavy (non-hydrogen) atoms. The van der Waals surface area contributed by atoms with Gasteiger partial charge in [0.1, 0.15) is 5.75 Å². The van der Waals surface area contributed by atoms with Gasteiger partial charge in [-0.1, -0.05) is 18.2 Å². The molecule has 1 heterocycles. The zero-order chi connectivity index (χ0) is 17.3. The van der Waals surface area contributed by atoms with Crippen molar-refractivity contribution in [2.45, 2.75) is 59.2 Å². The molecule has 128 valence electrons. The van der Waals surface area contributed by atoms with Crippen LogP contribution in [0.4, 0.5) is 0 Å². The zero-order valence-corrected chi connectivity index (χ0v) is 16.2. The van der Waals surface area contributed by atoms with E-state index in [1.165, 1.54) is 0 Å². The predicted octanol–water partition coefficient (Wildman–Crippen LogP) is 5.12. The van der Waals surface area contributed by atoms with Crippen molar-refractivity contribution in [1.29, 1.82) is 0 Å². The van der Waals surface area contributed by atoms with E-state index in [4.69, 9.17) is 9.26 Å². The molecule has 4 nitrogen and oxygen atoms in total. The Hall–Kier alpha value is -1.25. The predicted molar refractivity (Wildman–Crippen MR) is 97.0 cm³/mol. The molecule has 0 amide bonds. The smallest absolute Gasteiger partial charge is 0.248 e. The normalized spacial score (nSPS) is 16.3. The Bertz CT molecular complexity index is 537. The number of hydrogen-bond donors (Lipinski definition) is 0. The second kappa shape index (κ2) is 6.70. The summed E-state index contributed by atoms with van der Waals surface area (Å²) < 4.78 is 16.5. The summed E-state index contributed by atoms with van der Waals surface area (Å²) in [6.45, 7) is 13.8. The van der Waals surface area contributed by atoms with Crippen LogP contribution in [0.5, 0.6) is 5.75 Å². The van der Waals surface area contributed by atoms with E-state index in [9.17, 15) is 0 Å². The summed E-state index contributed by atoms with van der Waals surface area (Å²) in [5.41, 5.74) is 1.11. The molecule has 1 aromatic carbocycles. The Balaban J connectivity index is 2.19. The molecule has 1 aliphatic heterocycles. The Morgan fingerprint density at radius 2 is 1.43 bits per heavy atom. The lowest BCUT2D eigenvalue weighted by Gasteiger charge is -2.43. The summed E-state index contributed by atoms with van der Waals surface area (Å²) in [6.07, 6.45) is 4.30. The van der Waals surface area contributed by atoms with Crippen molar-refractivity contribution in [3.05, 3.63) is 42.2 Å².